The molecule has 0 saturated carbocycles. The Morgan fingerprint density at radius 3 is 2.46 bits per heavy atom. The predicted molar refractivity (Wildman–Crippen MR) is 60.0 cm³/mol. The van der Waals surface area contributed by atoms with Gasteiger partial charge in [0.1, 0.15) is 10.4 Å². The molecule has 0 aromatic heterocycles. The molecule has 0 amide bonds. The first-order chi connectivity index (χ1) is 5.97. The fourth-order valence-electron chi connectivity index (χ4n) is 0.977. The molecular weight excluding hydrogens is 206 g/mol. The lowest BCUT2D eigenvalue weighted by molar-refractivity contribution is -0.143. The zero-order chi connectivity index (χ0) is 10.4. The summed E-state index contributed by atoms with van der Waals surface area (Å²) < 4.78 is 4.93. The molecule has 0 rings (SSSR count). The molecule has 3 nitrogen and oxygen atoms in total. The highest BCUT2D eigenvalue weighted by Crippen LogP contribution is 2.06. The van der Waals surface area contributed by atoms with Gasteiger partial charge in [-0.15, -0.1) is 12.6 Å². The van der Waals surface area contributed by atoms with Gasteiger partial charge in [-0.25, -0.2) is 4.79 Å². The highest BCUT2D eigenvalue weighted by Gasteiger charge is 2.20. The second-order valence-electron chi connectivity index (χ2n) is 3.15. The van der Waals surface area contributed by atoms with Crippen LogP contribution >= 0.6 is 24.8 Å². The third-order valence-corrected chi connectivity index (χ3v) is 1.74. The van der Waals surface area contributed by atoms with Crippen LogP contribution in [0.25, 0.3) is 0 Å². The monoisotopic (exact) mass is 221 g/mol. The van der Waals surface area contributed by atoms with Gasteiger partial charge < -0.3 is 10.1 Å². The molecule has 0 radical (unpaired) electrons. The maximum atomic E-state index is 11.2. The van der Waals surface area contributed by atoms with Crippen molar-refractivity contribution in [2.45, 2.75) is 26.3 Å². The lowest BCUT2D eigenvalue weighted by atomic mass is 10.0. The number of thiol groups is 1. The Labute approximate surface area is 89.6 Å². The second kappa shape index (κ2) is 6.21. The first-order valence-electron chi connectivity index (χ1n) is 4.04. The minimum atomic E-state index is -0.380. The highest BCUT2D eigenvalue weighted by atomic mass is 32.1. The number of hydrogen-bond donors (Lipinski definition) is 2. The Kier molecular flexibility index (Phi) is 6.07. The summed E-state index contributed by atoms with van der Waals surface area (Å²) in [4.78, 5) is 11.2. The molecule has 0 fully saturated rings. The molecule has 1 atom stereocenters. The van der Waals surface area contributed by atoms with E-state index in [1.165, 1.54) is 7.11 Å². The number of carbonyl (C=O) groups excluding carboxylic acids is 1. The van der Waals surface area contributed by atoms with Gasteiger partial charge in [-0.3, -0.25) is 0 Å². The topological polar surface area (TPSA) is 38.3 Å². The molecule has 0 aromatic rings. The van der Waals surface area contributed by atoms with Crippen LogP contribution in [0.2, 0.25) is 0 Å². The van der Waals surface area contributed by atoms with Crippen molar-refractivity contribution in [3.8, 4) is 0 Å². The van der Waals surface area contributed by atoms with E-state index in [0.29, 0.717) is 16.7 Å². The molecule has 0 spiro atoms. The van der Waals surface area contributed by atoms with Crippen LogP contribution in [0.5, 0.6) is 0 Å². The molecule has 1 unspecified atom stereocenters. The minimum absolute atomic E-state index is 0.301. The van der Waals surface area contributed by atoms with E-state index in [0.717, 1.165) is 0 Å². The van der Waals surface area contributed by atoms with Crippen LogP contribution < -0.4 is 5.32 Å². The Hall–Kier alpha value is -0.290. The predicted octanol–water partition coefficient (Wildman–Crippen LogP) is 1.38. The van der Waals surface area contributed by atoms with Crippen molar-refractivity contribution in [1.29, 1.82) is 0 Å². The second-order valence-corrected chi connectivity index (χ2v) is 4.31. The van der Waals surface area contributed by atoms with Crippen molar-refractivity contribution in [3.05, 3.63) is 0 Å². The normalized spacial score (nSPS) is 12.4. The molecule has 1 N–H and O–H groups in total. The van der Waals surface area contributed by atoms with Gasteiger partial charge in [-0.2, -0.15) is 0 Å². The van der Waals surface area contributed by atoms with Gasteiger partial charge in [0.15, 0.2) is 0 Å². The molecule has 13 heavy (non-hydrogen) atoms. The van der Waals surface area contributed by atoms with Crippen molar-refractivity contribution in [2.24, 2.45) is 5.92 Å². The highest BCUT2D eigenvalue weighted by molar-refractivity contribution is 8.11. The SMILES string of the molecule is COC(=O)C(CC(C)C)NC(=S)S. The largest absolute Gasteiger partial charge is 0.467 e. The van der Waals surface area contributed by atoms with Crippen LogP contribution in [0.1, 0.15) is 20.3 Å². The lowest BCUT2D eigenvalue weighted by Crippen LogP contribution is -2.39. The van der Waals surface area contributed by atoms with Crippen LogP contribution in [0, 0.1) is 5.92 Å². The molecule has 0 aliphatic heterocycles. The van der Waals surface area contributed by atoms with E-state index in [2.05, 4.69) is 22.7 Å². The third kappa shape index (κ3) is 5.87. The summed E-state index contributed by atoms with van der Waals surface area (Å²) in [5, 5.41) is 2.78. The zero-order valence-corrected chi connectivity index (χ0v) is 9.74. The van der Waals surface area contributed by atoms with Gasteiger partial charge in [0.25, 0.3) is 0 Å². The molecule has 76 valence electrons. The number of hydrogen-bond acceptors (Lipinski definition) is 3. The Morgan fingerprint density at radius 2 is 2.15 bits per heavy atom. The average Bonchev–Trinajstić information content (AvgIpc) is 2.00. The van der Waals surface area contributed by atoms with E-state index in [1.54, 1.807) is 0 Å². The van der Waals surface area contributed by atoms with Gasteiger partial charge in [0.2, 0.25) is 0 Å². The molecule has 0 saturated heterocycles. The van der Waals surface area contributed by atoms with Crippen molar-refractivity contribution in [1.82, 2.24) is 5.32 Å². The molecule has 0 aliphatic carbocycles. The number of rotatable bonds is 4. The summed E-state index contributed by atoms with van der Waals surface area (Å²) in [6, 6.07) is -0.380. The number of nitrogens with one attached hydrogen (secondary N) is 1. The Bertz CT molecular complexity index is 195. The van der Waals surface area contributed by atoms with E-state index >= 15 is 0 Å². The molecule has 0 aromatic carbocycles. The number of ether oxygens (including phenoxy) is 1. The lowest BCUT2D eigenvalue weighted by Gasteiger charge is -2.17. The van der Waals surface area contributed by atoms with Gasteiger partial charge >= 0.3 is 5.97 Å². The summed E-state index contributed by atoms with van der Waals surface area (Å²) in [5.74, 6) is 0.101. The summed E-state index contributed by atoms with van der Waals surface area (Å²) >= 11 is 8.64. The number of thiocarbonyl (C=S) groups is 1. The van der Waals surface area contributed by atoms with Crippen LogP contribution in [0.4, 0.5) is 0 Å². The van der Waals surface area contributed by atoms with Crippen LogP contribution in [0.15, 0.2) is 0 Å². The molecular formula is C8H15NO2S2. The van der Waals surface area contributed by atoms with E-state index in [-0.39, 0.29) is 12.0 Å². The minimum Gasteiger partial charge on any atom is -0.467 e. The Balaban J connectivity index is 4.18. The van der Waals surface area contributed by atoms with E-state index in [4.69, 9.17) is 12.2 Å². The molecule has 0 bridgehead atoms. The Morgan fingerprint density at radius 1 is 1.62 bits per heavy atom. The quantitative estimate of drug-likeness (QED) is 0.427. The van der Waals surface area contributed by atoms with Crippen molar-refractivity contribution in [3.63, 3.8) is 0 Å². The summed E-state index contributed by atoms with van der Waals surface area (Å²) in [6.45, 7) is 4.05. The molecule has 0 aliphatic rings. The first-order valence-corrected chi connectivity index (χ1v) is 4.90. The fourth-order valence-corrected chi connectivity index (χ4v) is 1.27. The van der Waals surface area contributed by atoms with E-state index < -0.39 is 0 Å². The van der Waals surface area contributed by atoms with Gasteiger partial charge in [0, 0.05) is 0 Å². The van der Waals surface area contributed by atoms with Crippen molar-refractivity contribution < 1.29 is 9.53 Å². The number of methoxy groups -OCH3 is 1. The summed E-state index contributed by atoms with van der Waals surface area (Å²) in [6.07, 6.45) is 0.688. The standard InChI is InChI=1S/C8H15NO2S2/c1-5(2)4-6(7(10)11-3)9-8(12)13/h5-6H,4H2,1-3H3,(H2,9,12,13). The maximum absolute atomic E-state index is 11.2. The van der Waals surface area contributed by atoms with E-state index in [9.17, 15) is 4.79 Å². The first kappa shape index (κ1) is 12.7. The van der Waals surface area contributed by atoms with Gasteiger partial charge in [-0.1, -0.05) is 26.1 Å². The van der Waals surface area contributed by atoms with Crippen molar-refractivity contribution >= 4 is 35.1 Å². The zero-order valence-electron chi connectivity index (χ0n) is 8.03. The van der Waals surface area contributed by atoms with E-state index in [1.807, 2.05) is 13.8 Å². The molecule has 5 heteroatoms. The van der Waals surface area contributed by atoms with Gasteiger partial charge in [-0.05, 0) is 12.3 Å². The smallest absolute Gasteiger partial charge is 0.328 e. The summed E-state index contributed by atoms with van der Waals surface area (Å²) in [7, 11) is 1.36. The van der Waals surface area contributed by atoms with Crippen LogP contribution in [-0.4, -0.2) is 23.4 Å². The maximum Gasteiger partial charge on any atom is 0.328 e. The number of esters is 1. The fraction of sp³-hybridized carbons (Fsp3) is 0.750. The average molecular weight is 221 g/mol. The third-order valence-electron chi connectivity index (χ3n) is 1.49. The van der Waals surface area contributed by atoms with Crippen LogP contribution in [0.3, 0.4) is 0 Å². The summed E-state index contributed by atoms with van der Waals surface area (Å²) in [5.41, 5.74) is 0. The van der Waals surface area contributed by atoms with Crippen molar-refractivity contribution in [2.75, 3.05) is 7.11 Å². The van der Waals surface area contributed by atoms with Gasteiger partial charge in [0.05, 0.1) is 7.11 Å². The molecule has 0 heterocycles. The number of carbonyl (C=O) groups is 1. The van der Waals surface area contributed by atoms with Crippen LogP contribution in [-0.2, 0) is 9.53 Å².